The quantitative estimate of drug-likeness (QED) is 0.112. The first-order valence-electron chi connectivity index (χ1n) is 17.8. The number of rotatable bonds is 20. The first kappa shape index (κ1) is 32.9. The van der Waals surface area contributed by atoms with Crippen LogP contribution in [0.15, 0.2) is 11.6 Å². The van der Waals surface area contributed by atoms with Crippen molar-refractivity contribution in [1.29, 1.82) is 0 Å². The summed E-state index contributed by atoms with van der Waals surface area (Å²) in [4.78, 5) is 0. The standard InChI is InChI=1S/C37H70/c1-7-12-14-15-16-17-18-22-31(10-4)27-35-29-37(35)34(24-13-8-2)26-30(6)36-25-20-19-23-32(21-9-3)28-33(36)11-5/h24,30-33,35-37H,7-23,25-29H2,1-6H3. The van der Waals surface area contributed by atoms with Crippen LogP contribution < -0.4 is 0 Å². The molecule has 0 aliphatic heterocycles. The maximum Gasteiger partial charge on any atom is -0.0172 e. The minimum atomic E-state index is 0.879. The number of unbranched alkanes of at least 4 members (excludes halogenated alkanes) is 7. The number of hydrogen-bond acceptors (Lipinski definition) is 0. The Morgan fingerprint density at radius 2 is 1.51 bits per heavy atom. The predicted molar refractivity (Wildman–Crippen MR) is 168 cm³/mol. The minimum Gasteiger partial charge on any atom is -0.0850 e. The Hall–Kier alpha value is -0.260. The van der Waals surface area contributed by atoms with E-state index in [0.29, 0.717) is 0 Å². The van der Waals surface area contributed by atoms with Crippen molar-refractivity contribution in [2.24, 2.45) is 41.4 Å². The molecule has 2 fully saturated rings. The van der Waals surface area contributed by atoms with E-state index >= 15 is 0 Å². The molecule has 0 spiro atoms. The number of hydrogen-bond donors (Lipinski definition) is 0. The Labute approximate surface area is 235 Å². The van der Waals surface area contributed by atoms with Gasteiger partial charge in [0.2, 0.25) is 0 Å². The molecule has 2 rings (SSSR count). The lowest BCUT2D eigenvalue weighted by atomic mass is 9.69. The molecule has 218 valence electrons. The first-order chi connectivity index (χ1) is 18.1. The molecule has 0 heterocycles. The highest BCUT2D eigenvalue weighted by molar-refractivity contribution is 5.17. The van der Waals surface area contributed by atoms with Crippen LogP contribution in [0.4, 0.5) is 0 Å². The van der Waals surface area contributed by atoms with E-state index in [1.54, 1.807) is 0 Å². The van der Waals surface area contributed by atoms with E-state index in [-0.39, 0.29) is 0 Å². The van der Waals surface area contributed by atoms with Gasteiger partial charge in [-0.2, -0.15) is 0 Å². The lowest BCUT2D eigenvalue weighted by Gasteiger charge is -2.36. The molecular formula is C37H70. The van der Waals surface area contributed by atoms with E-state index in [4.69, 9.17) is 0 Å². The SMILES string of the molecule is CCCC=C(CC(C)C1CCCCC(CCC)CC1CC)C1CC1CC(CC)CCCCCCCCC. The molecule has 0 N–H and O–H groups in total. The van der Waals surface area contributed by atoms with Gasteiger partial charge in [-0.05, 0) is 80.0 Å². The number of allylic oxidation sites excluding steroid dienone is 2. The van der Waals surface area contributed by atoms with Crippen LogP contribution >= 0.6 is 0 Å². The molecule has 0 radical (unpaired) electrons. The highest BCUT2D eigenvalue weighted by Gasteiger charge is 2.41. The summed E-state index contributed by atoms with van der Waals surface area (Å²) in [5.41, 5.74) is 1.90. The van der Waals surface area contributed by atoms with Gasteiger partial charge in [-0.3, -0.25) is 0 Å². The van der Waals surface area contributed by atoms with E-state index < -0.39 is 0 Å². The van der Waals surface area contributed by atoms with Gasteiger partial charge in [0.15, 0.2) is 0 Å². The Morgan fingerprint density at radius 3 is 2.19 bits per heavy atom. The fraction of sp³-hybridized carbons (Fsp3) is 0.946. The van der Waals surface area contributed by atoms with E-state index in [2.05, 4.69) is 47.6 Å². The largest absolute Gasteiger partial charge is 0.0850 e. The molecule has 37 heavy (non-hydrogen) atoms. The van der Waals surface area contributed by atoms with Gasteiger partial charge in [0.25, 0.3) is 0 Å². The summed E-state index contributed by atoms with van der Waals surface area (Å²) in [5.74, 6) is 6.77. The summed E-state index contributed by atoms with van der Waals surface area (Å²) in [7, 11) is 0. The lowest BCUT2D eigenvalue weighted by Crippen LogP contribution is -2.26. The molecular weight excluding hydrogens is 444 g/mol. The van der Waals surface area contributed by atoms with Gasteiger partial charge in [-0.25, -0.2) is 0 Å². The van der Waals surface area contributed by atoms with E-state index in [0.717, 1.165) is 41.4 Å². The summed E-state index contributed by atoms with van der Waals surface area (Å²) in [6, 6.07) is 0. The van der Waals surface area contributed by atoms with E-state index in [1.165, 1.54) is 141 Å². The fourth-order valence-electron chi connectivity index (χ4n) is 8.17. The molecule has 0 aromatic heterocycles. The van der Waals surface area contributed by atoms with E-state index in [1.807, 2.05) is 5.57 Å². The van der Waals surface area contributed by atoms with Crippen molar-refractivity contribution in [2.75, 3.05) is 0 Å². The Balaban J connectivity index is 1.87. The molecule has 2 aliphatic rings. The Bertz CT molecular complexity index is 573. The van der Waals surface area contributed by atoms with Gasteiger partial charge in [0.1, 0.15) is 0 Å². The van der Waals surface area contributed by atoms with E-state index in [9.17, 15) is 0 Å². The van der Waals surface area contributed by atoms with Crippen molar-refractivity contribution in [1.82, 2.24) is 0 Å². The second-order valence-corrected chi connectivity index (χ2v) is 13.8. The maximum absolute atomic E-state index is 2.72. The normalized spacial score (nSPS) is 28.5. The second kappa shape index (κ2) is 19.7. The smallest absolute Gasteiger partial charge is 0.0172 e. The van der Waals surface area contributed by atoms with Crippen LogP contribution in [-0.4, -0.2) is 0 Å². The summed E-state index contributed by atoms with van der Waals surface area (Å²) in [5, 5.41) is 0. The van der Waals surface area contributed by atoms with Gasteiger partial charge in [-0.1, -0.05) is 156 Å². The van der Waals surface area contributed by atoms with Gasteiger partial charge in [0, 0.05) is 0 Å². The molecule has 7 unspecified atom stereocenters. The van der Waals surface area contributed by atoms with Crippen molar-refractivity contribution < 1.29 is 0 Å². The van der Waals surface area contributed by atoms with Crippen LogP contribution in [0.25, 0.3) is 0 Å². The average molecular weight is 515 g/mol. The molecule has 2 aliphatic carbocycles. The third-order valence-electron chi connectivity index (χ3n) is 10.7. The molecule has 0 aromatic rings. The highest BCUT2D eigenvalue weighted by atomic mass is 14.5. The summed E-state index contributed by atoms with van der Waals surface area (Å²) < 4.78 is 0. The third-order valence-corrected chi connectivity index (χ3v) is 10.7. The minimum absolute atomic E-state index is 0.879. The first-order valence-corrected chi connectivity index (χ1v) is 17.8. The zero-order valence-electron chi connectivity index (χ0n) is 26.7. The summed E-state index contributed by atoms with van der Waals surface area (Å²) >= 11 is 0. The molecule has 0 amide bonds. The van der Waals surface area contributed by atoms with Crippen LogP contribution in [0.3, 0.4) is 0 Å². The maximum atomic E-state index is 2.72. The predicted octanol–water partition coefficient (Wildman–Crippen LogP) is 13.0. The molecule has 0 aromatic carbocycles. The third kappa shape index (κ3) is 12.6. The van der Waals surface area contributed by atoms with Crippen LogP contribution in [0.1, 0.15) is 183 Å². The molecule has 0 bridgehead atoms. The summed E-state index contributed by atoms with van der Waals surface area (Å²) in [6.45, 7) is 14.7. The Morgan fingerprint density at radius 1 is 0.784 bits per heavy atom. The molecule has 2 saturated carbocycles. The van der Waals surface area contributed by atoms with Crippen molar-refractivity contribution >= 4 is 0 Å². The van der Waals surface area contributed by atoms with Gasteiger partial charge < -0.3 is 0 Å². The van der Waals surface area contributed by atoms with Crippen LogP contribution in [0.5, 0.6) is 0 Å². The molecule has 7 atom stereocenters. The van der Waals surface area contributed by atoms with Crippen molar-refractivity contribution in [3.05, 3.63) is 11.6 Å². The molecule has 0 saturated heterocycles. The van der Waals surface area contributed by atoms with Crippen LogP contribution in [0, 0.1) is 41.4 Å². The van der Waals surface area contributed by atoms with Crippen molar-refractivity contribution in [3.63, 3.8) is 0 Å². The molecule has 0 nitrogen and oxygen atoms in total. The zero-order chi connectivity index (χ0) is 26.9. The van der Waals surface area contributed by atoms with Gasteiger partial charge in [-0.15, -0.1) is 0 Å². The second-order valence-electron chi connectivity index (χ2n) is 13.8. The Kier molecular flexibility index (Phi) is 17.6. The topological polar surface area (TPSA) is 0 Å². The zero-order valence-corrected chi connectivity index (χ0v) is 26.7. The van der Waals surface area contributed by atoms with Gasteiger partial charge in [0.05, 0.1) is 0 Å². The van der Waals surface area contributed by atoms with Crippen LogP contribution in [-0.2, 0) is 0 Å². The molecule has 0 heteroatoms. The highest BCUT2D eigenvalue weighted by Crippen LogP contribution is 2.52. The summed E-state index contributed by atoms with van der Waals surface area (Å²) in [6.07, 6.45) is 34.6. The average Bonchev–Trinajstić information content (AvgIpc) is 3.65. The lowest BCUT2D eigenvalue weighted by molar-refractivity contribution is 0.153. The van der Waals surface area contributed by atoms with Crippen molar-refractivity contribution in [2.45, 2.75) is 183 Å². The van der Waals surface area contributed by atoms with Crippen molar-refractivity contribution in [3.8, 4) is 0 Å². The monoisotopic (exact) mass is 515 g/mol. The fourth-order valence-corrected chi connectivity index (χ4v) is 8.17. The van der Waals surface area contributed by atoms with Crippen LogP contribution in [0.2, 0.25) is 0 Å². The van der Waals surface area contributed by atoms with Gasteiger partial charge >= 0.3 is 0 Å².